The van der Waals surface area contributed by atoms with Crippen LogP contribution in [0.25, 0.3) is 0 Å². The van der Waals surface area contributed by atoms with Gasteiger partial charge in [-0.1, -0.05) is 54.9 Å². The molecule has 2 atom stereocenters. The smallest absolute Gasteiger partial charge is 0.434 e. The molecule has 10 heteroatoms. The molecule has 0 radical (unpaired) electrons. The van der Waals surface area contributed by atoms with Gasteiger partial charge in [-0.3, -0.25) is 9.59 Å². The number of esters is 2. The first kappa shape index (κ1) is 32.5. The van der Waals surface area contributed by atoms with Crippen LogP contribution in [-0.4, -0.2) is 36.0 Å². The number of hydrogen-bond acceptors (Lipinski definition) is 4. The Morgan fingerprint density at radius 3 is 1.67 bits per heavy atom. The van der Waals surface area contributed by atoms with E-state index >= 15 is 0 Å². The van der Waals surface area contributed by atoms with Crippen LogP contribution in [0.1, 0.15) is 107 Å². The Labute approximate surface area is 210 Å². The van der Waals surface area contributed by atoms with Gasteiger partial charge < -0.3 is 9.47 Å². The summed E-state index contributed by atoms with van der Waals surface area (Å²) in [6.07, 6.45) is -12.8. The Morgan fingerprint density at radius 1 is 0.833 bits per heavy atom. The zero-order valence-electron chi connectivity index (χ0n) is 22.7. The molecule has 0 saturated heterocycles. The monoisotopic (exact) mass is 532 g/mol. The van der Waals surface area contributed by atoms with E-state index in [2.05, 4.69) is 4.74 Å². The highest BCUT2D eigenvalue weighted by atomic mass is 19.4. The van der Waals surface area contributed by atoms with Gasteiger partial charge in [-0.15, -0.1) is 0 Å². The fraction of sp³-hybridized carbons (Fsp3) is 0.923. The normalized spacial score (nSPS) is 19.6. The van der Waals surface area contributed by atoms with E-state index < -0.39 is 52.7 Å². The average molecular weight is 533 g/mol. The van der Waals surface area contributed by atoms with Crippen molar-refractivity contribution < 1.29 is 45.4 Å². The van der Waals surface area contributed by atoms with E-state index in [0.29, 0.717) is 25.7 Å². The van der Waals surface area contributed by atoms with Crippen LogP contribution in [0.5, 0.6) is 0 Å². The molecule has 0 aromatic carbocycles. The molecule has 0 bridgehead atoms. The standard InChI is InChI=1S/C26H42F6O4/c1-9-17(18(33)35-19(25(27,28)29)26(30,31)32)24(14-12-13-15-24)36-20(34)23(8,22(6,7)11-3)16-21(4,5)10-2/h17,19H,9-16H2,1-8H3. The minimum Gasteiger partial charge on any atom is -0.458 e. The molecule has 0 aromatic rings. The van der Waals surface area contributed by atoms with Crippen molar-refractivity contribution in [2.24, 2.45) is 22.2 Å². The third-order valence-electron chi connectivity index (χ3n) is 8.52. The first-order chi connectivity index (χ1) is 16.1. The Morgan fingerprint density at radius 2 is 1.31 bits per heavy atom. The maximum atomic E-state index is 13.9. The summed E-state index contributed by atoms with van der Waals surface area (Å²) in [5.41, 5.74) is -3.30. The molecule has 0 heterocycles. The molecular formula is C26H42F6O4. The Bertz CT molecular complexity index is 751. The molecule has 36 heavy (non-hydrogen) atoms. The predicted octanol–water partition coefficient (Wildman–Crippen LogP) is 8.17. The summed E-state index contributed by atoms with van der Waals surface area (Å²) in [6, 6.07) is 0. The highest BCUT2D eigenvalue weighted by Crippen LogP contribution is 2.53. The number of carbonyl (C=O) groups excluding carboxylic acids is 2. The molecule has 0 aliphatic heterocycles. The van der Waals surface area contributed by atoms with Crippen LogP contribution < -0.4 is 0 Å². The zero-order valence-corrected chi connectivity index (χ0v) is 22.7. The maximum Gasteiger partial charge on any atom is 0.434 e. The van der Waals surface area contributed by atoms with Crippen molar-refractivity contribution in [2.75, 3.05) is 0 Å². The second-order valence-electron chi connectivity index (χ2n) is 11.8. The van der Waals surface area contributed by atoms with Crippen molar-refractivity contribution in [2.45, 2.75) is 131 Å². The first-order valence-corrected chi connectivity index (χ1v) is 12.7. The topological polar surface area (TPSA) is 52.6 Å². The fourth-order valence-electron chi connectivity index (χ4n) is 5.12. The molecule has 0 amide bonds. The molecular weight excluding hydrogens is 490 g/mol. The van der Waals surface area contributed by atoms with Gasteiger partial charge in [0.15, 0.2) is 0 Å². The number of hydrogen-bond donors (Lipinski definition) is 0. The highest BCUT2D eigenvalue weighted by Gasteiger charge is 2.61. The number of halogens is 6. The molecule has 0 spiro atoms. The van der Waals surface area contributed by atoms with Crippen molar-refractivity contribution in [3.63, 3.8) is 0 Å². The Kier molecular flexibility index (Phi) is 10.0. The summed E-state index contributed by atoms with van der Waals surface area (Å²) in [4.78, 5) is 26.7. The van der Waals surface area contributed by atoms with Crippen LogP contribution in [0, 0.1) is 22.2 Å². The predicted molar refractivity (Wildman–Crippen MR) is 124 cm³/mol. The van der Waals surface area contributed by atoms with E-state index in [1.165, 1.54) is 6.92 Å². The second-order valence-corrected chi connectivity index (χ2v) is 11.8. The van der Waals surface area contributed by atoms with E-state index in [1.807, 2.05) is 41.5 Å². The summed E-state index contributed by atoms with van der Waals surface area (Å²) in [7, 11) is 0. The molecule has 1 fully saturated rings. The number of rotatable bonds is 11. The van der Waals surface area contributed by atoms with Crippen molar-refractivity contribution >= 4 is 11.9 Å². The van der Waals surface area contributed by atoms with Gasteiger partial charge in [0.05, 0.1) is 11.3 Å². The molecule has 1 saturated carbocycles. The van der Waals surface area contributed by atoms with Crippen molar-refractivity contribution in [3.8, 4) is 0 Å². The van der Waals surface area contributed by atoms with E-state index in [-0.39, 0.29) is 24.7 Å². The largest absolute Gasteiger partial charge is 0.458 e. The van der Waals surface area contributed by atoms with E-state index in [9.17, 15) is 35.9 Å². The summed E-state index contributed by atoms with van der Waals surface area (Å²) < 4.78 is 88.5. The van der Waals surface area contributed by atoms with Gasteiger partial charge in [0, 0.05) is 0 Å². The lowest BCUT2D eigenvalue weighted by Gasteiger charge is -2.48. The van der Waals surface area contributed by atoms with Gasteiger partial charge in [-0.25, -0.2) is 0 Å². The third kappa shape index (κ3) is 7.09. The molecule has 0 N–H and O–H groups in total. The SMILES string of the molecule is CCC(C(=O)OC(C(F)(F)F)C(F)(F)F)C1(OC(=O)C(C)(CC(C)(C)CC)C(C)(C)CC)CCCC1. The highest BCUT2D eigenvalue weighted by molar-refractivity contribution is 5.80. The van der Waals surface area contributed by atoms with E-state index in [4.69, 9.17) is 4.74 Å². The van der Waals surface area contributed by atoms with Crippen LogP contribution in [0.15, 0.2) is 0 Å². The second kappa shape index (κ2) is 11.1. The summed E-state index contributed by atoms with van der Waals surface area (Å²) in [5, 5.41) is 0. The first-order valence-electron chi connectivity index (χ1n) is 12.7. The quantitative estimate of drug-likeness (QED) is 0.199. The van der Waals surface area contributed by atoms with Gasteiger partial charge in [0.2, 0.25) is 0 Å². The van der Waals surface area contributed by atoms with Crippen LogP contribution >= 0.6 is 0 Å². The van der Waals surface area contributed by atoms with Crippen molar-refractivity contribution in [3.05, 3.63) is 0 Å². The number of ether oxygens (including phenoxy) is 2. The lowest BCUT2D eigenvalue weighted by molar-refractivity contribution is -0.315. The van der Waals surface area contributed by atoms with Gasteiger partial charge in [-0.05, 0) is 62.7 Å². The minimum atomic E-state index is -5.82. The van der Waals surface area contributed by atoms with Gasteiger partial charge in [0.1, 0.15) is 5.60 Å². The van der Waals surface area contributed by atoms with Crippen LogP contribution in [0.3, 0.4) is 0 Å². The van der Waals surface area contributed by atoms with Crippen LogP contribution in [0.4, 0.5) is 26.3 Å². The van der Waals surface area contributed by atoms with Gasteiger partial charge >= 0.3 is 24.3 Å². The molecule has 1 aliphatic carbocycles. The molecule has 4 nitrogen and oxygen atoms in total. The average Bonchev–Trinajstić information content (AvgIpc) is 3.19. The van der Waals surface area contributed by atoms with Gasteiger partial charge in [0.25, 0.3) is 6.10 Å². The maximum absolute atomic E-state index is 13.9. The zero-order chi connectivity index (χ0) is 28.4. The molecule has 1 rings (SSSR count). The van der Waals surface area contributed by atoms with Gasteiger partial charge in [-0.2, -0.15) is 26.3 Å². The minimum absolute atomic E-state index is 0.136. The Hall–Kier alpha value is -1.48. The number of carbonyl (C=O) groups is 2. The lowest BCUT2D eigenvalue weighted by atomic mass is 9.58. The third-order valence-corrected chi connectivity index (χ3v) is 8.52. The van der Waals surface area contributed by atoms with Crippen molar-refractivity contribution in [1.29, 1.82) is 0 Å². The van der Waals surface area contributed by atoms with Crippen LogP contribution in [-0.2, 0) is 19.1 Å². The summed E-state index contributed by atoms with van der Waals surface area (Å²) in [5.74, 6) is -3.70. The van der Waals surface area contributed by atoms with E-state index in [0.717, 1.165) is 6.42 Å². The molecule has 1 aliphatic rings. The van der Waals surface area contributed by atoms with E-state index in [1.54, 1.807) is 6.92 Å². The fourth-order valence-corrected chi connectivity index (χ4v) is 5.12. The molecule has 212 valence electrons. The summed E-state index contributed by atoms with van der Waals surface area (Å²) in [6.45, 7) is 15.1. The Balaban J connectivity index is 3.43. The molecule has 0 aromatic heterocycles. The number of alkyl halides is 6. The molecule has 2 unspecified atom stereocenters. The summed E-state index contributed by atoms with van der Waals surface area (Å²) >= 11 is 0. The van der Waals surface area contributed by atoms with Crippen LogP contribution in [0.2, 0.25) is 0 Å². The lowest BCUT2D eigenvalue weighted by Crippen LogP contribution is -2.53. The van der Waals surface area contributed by atoms with Crippen molar-refractivity contribution in [1.82, 2.24) is 0 Å².